The normalized spacial score (nSPS) is 14.1. The zero-order chi connectivity index (χ0) is 21.6. The Hall–Kier alpha value is -3.62. The number of nitrogen functional groups attached to an aromatic ring is 1. The summed E-state index contributed by atoms with van der Waals surface area (Å²) in [5, 5.41) is 0. The van der Waals surface area contributed by atoms with Crippen LogP contribution in [0, 0.1) is 12.7 Å². The van der Waals surface area contributed by atoms with Gasteiger partial charge in [0, 0.05) is 5.69 Å². The molecule has 30 heavy (non-hydrogen) atoms. The molecule has 0 saturated heterocycles. The second-order valence-electron chi connectivity index (χ2n) is 6.90. The monoisotopic (exact) mass is 416 g/mol. The van der Waals surface area contributed by atoms with Crippen LogP contribution in [0.4, 0.5) is 40.4 Å². The fourth-order valence-corrected chi connectivity index (χ4v) is 3.42. The summed E-state index contributed by atoms with van der Waals surface area (Å²) in [5.74, 6) is -0.667. The molecule has 3 aromatic rings. The number of halogens is 4. The molecule has 0 spiro atoms. The largest absolute Gasteiger partial charge is 0.416 e. The minimum Gasteiger partial charge on any atom is -0.384 e. The van der Waals surface area contributed by atoms with Crippen molar-refractivity contribution in [1.29, 1.82) is 0 Å². The van der Waals surface area contributed by atoms with Gasteiger partial charge in [-0.05, 0) is 61.0 Å². The molecule has 0 saturated carbocycles. The van der Waals surface area contributed by atoms with Crippen molar-refractivity contribution in [2.45, 2.75) is 13.1 Å². The first-order chi connectivity index (χ1) is 14.1. The van der Waals surface area contributed by atoms with Crippen LogP contribution in [0.5, 0.6) is 0 Å². The first-order valence-electron chi connectivity index (χ1n) is 8.93. The number of fused-ring (bicyclic) bond motifs is 1. The lowest BCUT2D eigenvalue weighted by Crippen LogP contribution is -2.45. The van der Waals surface area contributed by atoms with Gasteiger partial charge in [0.25, 0.3) is 5.91 Å². The van der Waals surface area contributed by atoms with Crippen molar-refractivity contribution in [3.63, 3.8) is 0 Å². The number of aryl methyl sites for hydroxylation is 1. The number of pyridine rings is 1. The third-order valence-corrected chi connectivity index (χ3v) is 4.91. The van der Waals surface area contributed by atoms with Gasteiger partial charge in [-0.2, -0.15) is 13.2 Å². The molecule has 0 unspecified atom stereocenters. The molecule has 1 aliphatic rings. The van der Waals surface area contributed by atoms with Crippen molar-refractivity contribution in [2.75, 3.05) is 22.2 Å². The Balaban J connectivity index is 1.89. The molecule has 9 heteroatoms. The lowest BCUT2D eigenvalue weighted by molar-refractivity contribution is -0.137. The number of carbonyl (C=O) groups is 1. The summed E-state index contributed by atoms with van der Waals surface area (Å²) in [6.45, 7) is 1.57. The average Bonchev–Trinajstić information content (AvgIpc) is 2.69. The lowest BCUT2D eigenvalue weighted by Gasteiger charge is -2.39. The molecule has 0 aliphatic carbocycles. The summed E-state index contributed by atoms with van der Waals surface area (Å²) in [6, 6.07) is 10.1. The number of hydrogen-bond donors (Lipinski definition) is 1. The molecule has 4 rings (SSSR count). The second kappa shape index (κ2) is 7.01. The third kappa shape index (κ3) is 3.42. The van der Waals surface area contributed by atoms with Gasteiger partial charge in [0.1, 0.15) is 18.3 Å². The van der Waals surface area contributed by atoms with Crippen LogP contribution in [-0.2, 0) is 6.18 Å². The molecule has 1 aromatic heterocycles. The molecule has 2 aromatic carbocycles. The van der Waals surface area contributed by atoms with E-state index >= 15 is 0 Å². The van der Waals surface area contributed by atoms with Crippen molar-refractivity contribution in [3.05, 3.63) is 77.2 Å². The van der Waals surface area contributed by atoms with Gasteiger partial charge in [-0.25, -0.2) is 9.37 Å². The quantitative estimate of drug-likeness (QED) is 0.605. The standard InChI is InChI=1S/C21H16F4N4O/c1-12-8-14(22)3-6-17(12)29-11-28(15-4-7-19(26)27-10-15)20(30)16-5-2-13(9-18(16)29)21(23,24)25/h2-10H,11H2,1H3,(H2,26,27). The number of nitrogens with two attached hydrogens (primary N) is 1. The third-order valence-electron chi connectivity index (χ3n) is 4.91. The summed E-state index contributed by atoms with van der Waals surface area (Å²) in [6.07, 6.45) is -3.16. The van der Waals surface area contributed by atoms with E-state index in [-0.39, 0.29) is 23.7 Å². The summed E-state index contributed by atoms with van der Waals surface area (Å²) in [7, 11) is 0. The fourth-order valence-electron chi connectivity index (χ4n) is 3.42. The van der Waals surface area contributed by atoms with E-state index in [0.29, 0.717) is 16.9 Å². The Morgan fingerprint density at radius 3 is 2.40 bits per heavy atom. The maximum absolute atomic E-state index is 13.6. The van der Waals surface area contributed by atoms with Crippen molar-refractivity contribution < 1.29 is 22.4 Å². The number of anilines is 4. The van der Waals surface area contributed by atoms with Crippen LogP contribution in [0.15, 0.2) is 54.7 Å². The highest BCUT2D eigenvalue weighted by Crippen LogP contribution is 2.40. The van der Waals surface area contributed by atoms with Gasteiger partial charge < -0.3 is 10.6 Å². The van der Waals surface area contributed by atoms with Crippen LogP contribution in [0.1, 0.15) is 21.5 Å². The first kappa shape index (κ1) is 19.7. The van der Waals surface area contributed by atoms with E-state index in [1.54, 1.807) is 17.9 Å². The summed E-state index contributed by atoms with van der Waals surface area (Å²) < 4.78 is 53.6. The van der Waals surface area contributed by atoms with E-state index in [9.17, 15) is 22.4 Å². The van der Waals surface area contributed by atoms with Gasteiger partial charge in [0.05, 0.1) is 28.7 Å². The highest BCUT2D eigenvalue weighted by atomic mass is 19.4. The van der Waals surface area contributed by atoms with E-state index in [2.05, 4.69) is 4.98 Å². The van der Waals surface area contributed by atoms with Crippen molar-refractivity contribution in [3.8, 4) is 0 Å². The van der Waals surface area contributed by atoms with Crippen LogP contribution in [0.2, 0.25) is 0 Å². The number of nitrogens with zero attached hydrogens (tertiary/aromatic N) is 3. The number of carbonyl (C=O) groups excluding carboxylic acids is 1. The molecule has 0 radical (unpaired) electrons. The van der Waals surface area contributed by atoms with Gasteiger partial charge >= 0.3 is 6.18 Å². The molecule has 0 atom stereocenters. The smallest absolute Gasteiger partial charge is 0.384 e. The second-order valence-corrected chi connectivity index (χ2v) is 6.90. The maximum Gasteiger partial charge on any atom is 0.416 e. The van der Waals surface area contributed by atoms with Gasteiger partial charge in [-0.15, -0.1) is 0 Å². The number of amides is 1. The number of hydrogen-bond acceptors (Lipinski definition) is 4. The SMILES string of the molecule is Cc1cc(F)ccc1N1CN(c2ccc(N)nc2)C(=O)c2ccc(C(F)(F)F)cc21. The van der Waals surface area contributed by atoms with Crippen molar-refractivity contribution in [1.82, 2.24) is 4.98 Å². The van der Waals surface area contributed by atoms with Crippen LogP contribution in [-0.4, -0.2) is 17.6 Å². The topological polar surface area (TPSA) is 62.5 Å². The van der Waals surface area contributed by atoms with Crippen molar-refractivity contribution in [2.24, 2.45) is 0 Å². The predicted octanol–water partition coefficient (Wildman–Crippen LogP) is 4.89. The molecular formula is C21H16F4N4O. The van der Waals surface area contributed by atoms with Crippen LogP contribution in [0.3, 0.4) is 0 Å². The molecule has 2 heterocycles. The molecule has 5 nitrogen and oxygen atoms in total. The van der Waals surface area contributed by atoms with E-state index < -0.39 is 23.5 Å². The van der Waals surface area contributed by atoms with Crippen molar-refractivity contribution >= 4 is 28.8 Å². The Morgan fingerprint density at radius 1 is 1.00 bits per heavy atom. The number of benzene rings is 2. The van der Waals surface area contributed by atoms with Gasteiger partial charge in [0.15, 0.2) is 0 Å². The highest BCUT2D eigenvalue weighted by molar-refractivity contribution is 6.12. The number of aromatic nitrogens is 1. The van der Waals surface area contributed by atoms with E-state index in [0.717, 1.165) is 18.2 Å². The molecule has 0 fully saturated rings. The highest BCUT2D eigenvalue weighted by Gasteiger charge is 2.36. The number of rotatable bonds is 2. The van der Waals surface area contributed by atoms with Gasteiger partial charge in [-0.1, -0.05) is 0 Å². The minimum absolute atomic E-state index is 0.0782. The minimum atomic E-state index is -4.57. The predicted molar refractivity (Wildman–Crippen MR) is 105 cm³/mol. The zero-order valence-electron chi connectivity index (χ0n) is 15.7. The van der Waals surface area contributed by atoms with Crippen LogP contribution < -0.4 is 15.5 Å². The Bertz CT molecular complexity index is 1130. The van der Waals surface area contributed by atoms with E-state index in [1.807, 2.05) is 0 Å². The zero-order valence-corrected chi connectivity index (χ0v) is 15.7. The van der Waals surface area contributed by atoms with E-state index in [4.69, 9.17) is 5.73 Å². The average molecular weight is 416 g/mol. The van der Waals surface area contributed by atoms with E-state index in [1.165, 1.54) is 35.4 Å². The van der Waals surface area contributed by atoms with Gasteiger partial charge in [0.2, 0.25) is 0 Å². The molecule has 154 valence electrons. The number of alkyl halides is 3. The fraction of sp³-hybridized carbons (Fsp3) is 0.143. The first-order valence-corrected chi connectivity index (χ1v) is 8.93. The Kier molecular flexibility index (Phi) is 4.60. The maximum atomic E-state index is 13.6. The summed E-state index contributed by atoms with van der Waals surface area (Å²) >= 11 is 0. The molecule has 2 N–H and O–H groups in total. The summed E-state index contributed by atoms with van der Waals surface area (Å²) in [5.41, 5.74) is 6.37. The molecule has 1 amide bonds. The lowest BCUT2D eigenvalue weighted by atomic mass is 10.0. The molecule has 1 aliphatic heterocycles. The molecule has 0 bridgehead atoms. The Labute approximate surface area is 169 Å². The van der Waals surface area contributed by atoms with Crippen LogP contribution >= 0.6 is 0 Å². The van der Waals surface area contributed by atoms with Gasteiger partial charge in [-0.3, -0.25) is 9.69 Å². The molecular weight excluding hydrogens is 400 g/mol. The van der Waals surface area contributed by atoms with Crippen LogP contribution in [0.25, 0.3) is 0 Å². The summed E-state index contributed by atoms with van der Waals surface area (Å²) in [4.78, 5) is 20.0. The Morgan fingerprint density at radius 2 is 1.77 bits per heavy atom.